The van der Waals surface area contributed by atoms with Crippen LogP contribution in [0.25, 0.3) is 0 Å². The van der Waals surface area contributed by atoms with Gasteiger partial charge in [-0.1, -0.05) is 74.3 Å². The van der Waals surface area contributed by atoms with Crippen LogP contribution in [0.5, 0.6) is 5.75 Å². The van der Waals surface area contributed by atoms with Gasteiger partial charge in [0.25, 0.3) is 0 Å². The summed E-state index contributed by atoms with van der Waals surface area (Å²) in [5.74, 6) is 1.43. The average Bonchev–Trinajstić information content (AvgIpc) is 2.81. The van der Waals surface area contributed by atoms with Crippen molar-refractivity contribution in [1.29, 1.82) is 0 Å². The second kappa shape index (κ2) is 12.9. The second-order valence-corrected chi connectivity index (χ2v) is 12.8. The van der Waals surface area contributed by atoms with Crippen molar-refractivity contribution in [2.24, 2.45) is 5.92 Å². The van der Waals surface area contributed by atoms with Crippen LogP contribution in [-0.2, 0) is 16.1 Å². The molecule has 0 spiro atoms. The Hall–Kier alpha value is -1.57. The third-order valence-electron chi connectivity index (χ3n) is 5.75. The SMILES string of the molecule is CC(C)(C)OC(=O)N1CCC(c2ccc(OCCCOCc3ccccc3)cc2)C(C(Br)Br)C1. The zero-order valence-corrected chi connectivity index (χ0v) is 23.4. The van der Waals surface area contributed by atoms with Crippen molar-refractivity contribution in [3.05, 3.63) is 65.7 Å². The highest BCUT2D eigenvalue weighted by molar-refractivity contribution is 9.24. The van der Waals surface area contributed by atoms with E-state index in [2.05, 4.69) is 56.1 Å². The Morgan fingerprint density at radius 2 is 1.76 bits per heavy atom. The van der Waals surface area contributed by atoms with Crippen LogP contribution < -0.4 is 4.74 Å². The summed E-state index contributed by atoms with van der Waals surface area (Å²) in [7, 11) is 0. The van der Waals surface area contributed by atoms with Gasteiger partial charge in [-0.3, -0.25) is 0 Å². The molecule has 2 aromatic carbocycles. The van der Waals surface area contributed by atoms with Gasteiger partial charge in [-0.2, -0.15) is 0 Å². The Labute approximate surface area is 220 Å². The Morgan fingerprint density at radius 1 is 1.06 bits per heavy atom. The predicted molar refractivity (Wildman–Crippen MR) is 143 cm³/mol. The molecule has 0 N–H and O–H groups in total. The summed E-state index contributed by atoms with van der Waals surface area (Å²) in [5, 5.41) is 0. The third-order valence-corrected chi connectivity index (χ3v) is 7.11. The van der Waals surface area contributed by atoms with Gasteiger partial charge in [0.1, 0.15) is 11.4 Å². The molecule has 0 aromatic heterocycles. The van der Waals surface area contributed by atoms with Gasteiger partial charge in [0.05, 0.1) is 23.6 Å². The van der Waals surface area contributed by atoms with E-state index < -0.39 is 5.60 Å². The molecule has 0 saturated carbocycles. The van der Waals surface area contributed by atoms with Gasteiger partial charge >= 0.3 is 6.09 Å². The molecule has 2 atom stereocenters. The molecular formula is C27H35Br2NO4. The van der Waals surface area contributed by atoms with E-state index in [4.69, 9.17) is 14.2 Å². The van der Waals surface area contributed by atoms with Crippen LogP contribution in [0.15, 0.2) is 54.6 Å². The van der Waals surface area contributed by atoms with Crippen LogP contribution in [0.2, 0.25) is 0 Å². The highest BCUT2D eigenvalue weighted by Crippen LogP contribution is 2.40. The van der Waals surface area contributed by atoms with Crippen molar-refractivity contribution < 1.29 is 19.0 Å². The van der Waals surface area contributed by atoms with Gasteiger partial charge in [-0.25, -0.2) is 4.79 Å². The number of piperidine rings is 1. The number of likely N-dealkylation sites (tertiary alicyclic amines) is 1. The smallest absolute Gasteiger partial charge is 0.410 e. The number of nitrogens with zero attached hydrogens (tertiary/aromatic N) is 1. The lowest BCUT2D eigenvalue weighted by Gasteiger charge is -2.40. The van der Waals surface area contributed by atoms with Gasteiger partial charge in [0.15, 0.2) is 0 Å². The molecule has 1 heterocycles. The van der Waals surface area contributed by atoms with Gasteiger partial charge in [-0.15, -0.1) is 0 Å². The maximum atomic E-state index is 12.6. The van der Waals surface area contributed by atoms with Crippen LogP contribution in [0.4, 0.5) is 4.79 Å². The molecule has 2 unspecified atom stereocenters. The molecule has 2 aromatic rings. The minimum Gasteiger partial charge on any atom is -0.494 e. The monoisotopic (exact) mass is 595 g/mol. The molecule has 1 aliphatic rings. The standard InChI is InChI=1S/C27H35Br2NO4/c1-27(2,3)34-26(31)30-15-14-23(24(18-30)25(28)29)21-10-12-22(13-11-21)33-17-7-16-32-19-20-8-5-4-6-9-20/h4-6,8-13,23-25H,7,14-19H2,1-3H3. The first-order chi connectivity index (χ1) is 16.2. The van der Waals surface area contributed by atoms with E-state index in [0.29, 0.717) is 38.8 Å². The van der Waals surface area contributed by atoms with Crippen molar-refractivity contribution >= 4 is 38.0 Å². The number of hydrogen-bond donors (Lipinski definition) is 0. The zero-order chi connectivity index (χ0) is 24.6. The predicted octanol–water partition coefficient (Wildman–Crippen LogP) is 7.13. The topological polar surface area (TPSA) is 48.0 Å². The average molecular weight is 597 g/mol. The quantitative estimate of drug-likeness (QED) is 0.228. The number of rotatable bonds is 9. The molecule has 1 aliphatic heterocycles. The van der Waals surface area contributed by atoms with E-state index >= 15 is 0 Å². The lowest BCUT2D eigenvalue weighted by atomic mass is 9.81. The van der Waals surface area contributed by atoms with Crippen LogP contribution in [0.1, 0.15) is 50.7 Å². The number of benzene rings is 2. The van der Waals surface area contributed by atoms with Gasteiger partial charge in [0.2, 0.25) is 0 Å². The maximum Gasteiger partial charge on any atom is 0.410 e. The highest BCUT2D eigenvalue weighted by atomic mass is 79.9. The fraction of sp³-hybridized carbons (Fsp3) is 0.519. The lowest BCUT2D eigenvalue weighted by Crippen LogP contribution is -2.46. The summed E-state index contributed by atoms with van der Waals surface area (Å²) in [6.45, 7) is 8.94. The minimum atomic E-state index is -0.491. The molecule has 1 saturated heterocycles. The molecule has 3 rings (SSSR count). The highest BCUT2D eigenvalue weighted by Gasteiger charge is 2.37. The largest absolute Gasteiger partial charge is 0.494 e. The summed E-state index contributed by atoms with van der Waals surface area (Å²) < 4.78 is 17.3. The Kier molecular flexibility index (Phi) is 10.3. The van der Waals surface area contributed by atoms with E-state index in [0.717, 1.165) is 18.6 Å². The Balaban J connectivity index is 1.46. The number of amides is 1. The number of alkyl halides is 2. The summed E-state index contributed by atoms with van der Waals surface area (Å²) in [5.41, 5.74) is 1.95. The van der Waals surface area contributed by atoms with E-state index in [9.17, 15) is 4.79 Å². The molecule has 1 fully saturated rings. The summed E-state index contributed by atoms with van der Waals surface area (Å²) in [4.78, 5) is 14.4. The molecule has 0 radical (unpaired) electrons. The van der Waals surface area contributed by atoms with Crippen LogP contribution >= 0.6 is 31.9 Å². The first-order valence-electron chi connectivity index (χ1n) is 11.8. The van der Waals surface area contributed by atoms with Crippen LogP contribution in [0, 0.1) is 5.92 Å². The van der Waals surface area contributed by atoms with Crippen molar-refractivity contribution in [2.75, 3.05) is 26.3 Å². The first-order valence-corrected chi connectivity index (χ1v) is 13.7. The van der Waals surface area contributed by atoms with E-state index in [1.54, 1.807) is 0 Å². The zero-order valence-electron chi connectivity index (χ0n) is 20.2. The molecule has 34 heavy (non-hydrogen) atoms. The number of carbonyl (C=O) groups excluding carboxylic acids is 1. The van der Waals surface area contributed by atoms with Crippen molar-refractivity contribution in [3.63, 3.8) is 0 Å². The third kappa shape index (κ3) is 8.58. The van der Waals surface area contributed by atoms with Gasteiger partial charge < -0.3 is 19.1 Å². The van der Waals surface area contributed by atoms with Crippen LogP contribution in [0.3, 0.4) is 0 Å². The lowest BCUT2D eigenvalue weighted by molar-refractivity contribution is 0.0155. The van der Waals surface area contributed by atoms with Gasteiger partial charge in [0, 0.05) is 25.4 Å². The van der Waals surface area contributed by atoms with Crippen molar-refractivity contribution in [1.82, 2.24) is 4.90 Å². The van der Waals surface area contributed by atoms with Gasteiger partial charge in [-0.05, 0) is 56.4 Å². The molecule has 7 heteroatoms. The number of hydrogen-bond acceptors (Lipinski definition) is 4. The minimum absolute atomic E-state index is 0.0991. The molecule has 0 aliphatic carbocycles. The summed E-state index contributed by atoms with van der Waals surface area (Å²) in [6.07, 6.45) is 1.48. The van der Waals surface area contributed by atoms with E-state index in [-0.39, 0.29) is 15.7 Å². The first kappa shape index (κ1) is 27.0. The molecule has 0 bridgehead atoms. The Bertz CT molecular complexity index is 884. The fourth-order valence-corrected chi connectivity index (χ4v) is 5.14. The fourth-order valence-electron chi connectivity index (χ4n) is 4.07. The molecule has 1 amide bonds. The summed E-state index contributed by atoms with van der Waals surface area (Å²) in [6, 6.07) is 18.5. The van der Waals surface area contributed by atoms with Crippen molar-refractivity contribution in [3.8, 4) is 5.75 Å². The molecule has 186 valence electrons. The summed E-state index contributed by atoms with van der Waals surface area (Å²) >= 11 is 7.39. The molecule has 5 nitrogen and oxygen atoms in total. The number of ether oxygens (including phenoxy) is 3. The van der Waals surface area contributed by atoms with E-state index in [1.807, 2.05) is 56.0 Å². The number of halogens is 2. The maximum absolute atomic E-state index is 12.6. The van der Waals surface area contributed by atoms with E-state index in [1.165, 1.54) is 11.1 Å². The Morgan fingerprint density at radius 3 is 2.41 bits per heavy atom. The van der Waals surface area contributed by atoms with Crippen molar-refractivity contribution in [2.45, 2.75) is 55.5 Å². The molecular weight excluding hydrogens is 562 g/mol. The van der Waals surface area contributed by atoms with Crippen LogP contribution in [-0.4, -0.2) is 46.6 Å². The second-order valence-electron chi connectivity index (χ2n) is 9.63. The normalized spacial score (nSPS) is 18.7. The number of carbonyl (C=O) groups is 1.